The summed E-state index contributed by atoms with van der Waals surface area (Å²) in [6.45, 7) is 9.93. The first kappa shape index (κ1) is 16.0. The normalized spacial score (nSPS) is 16.9. The summed E-state index contributed by atoms with van der Waals surface area (Å²) in [5.41, 5.74) is 2.17. The van der Waals surface area contributed by atoms with Gasteiger partial charge in [0.15, 0.2) is 11.6 Å². The SMILES string of the molecule is C=C(C)CN1CCC(NCc2ccc(OC)c(F)c2)CC1. The molecule has 1 heterocycles. The van der Waals surface area contributed by atoms with E-state index in [9.17, 15) is 4.39 Å². The summed E-state index contributed by atoms with van der Waals surface area (Å²) in [4.78, 5) is 2.44. The molecule has 21 heavy (non-hydrogen) atoms. The van der Waals surface area contributed by atoms with Gasteiger partial charge in [0.1, 0.15) is 0 Å². The number of benzene rings is 1. The molecule has 1 fully saturated rings. The highest BCUT2D eigenvalue weighted by Gasteiger charge is 2.18. The monoisotopic (exact) mass is 292 g/mol. The summed E-state index contributed by atoms with van der Waals surface area (Å²) < 4.78 is 18.6. The molecule has 1 aliphatic heterocycles. The van der Waals surface area contributed by atoms with Crippen molar-refractivity contribution in [2.75, 3.05) is 26.7 Å². The number of nitrogens with one attached hydrogen (secondary N) is 1. The Bertz CT molecular complexity index is 482. The van der Waals surface area contributed by atoms with Crippen LogP contribution in [0.3, 0.4) is 0 Å². The highest BCUT2D eigenvalue weighted by Crippen LogP contribution is 2.18. The molecule has 1 aromatic rings. The van der Waals surface area contributed by atoms with E-state index in [1.807, 2.05) is 6.07 Å². The summed E-state index contributed by atoms with van der Waals surface area (Å²) in [6.07, 6.45) is 2.26. The van der Waals surface area contributed by atoms with E-state index in [-0.39, 0.29) is 5.82 Å². The third-order valence-electron chi connectivity index (χ3n) is 3.89. The molecular weight excluding hydrogens is 267 g/mol. The predicted octanol–water partition coefficient (Wildman–Crippen LogP) is 2.96. The first-order chi connectivity index (χ1) is 10.1. The van der Waals surface area contributed by atoms with Crippen molar-refractivity contribution in [2.45, 2.75) is 32.4 Å². The van der Waals surface area contributed by atoms with Crippen molar-refractivity contribution in [1.82, 2.24) is 10.2 Å². The Kier molecular flexibility index (Phi) is 5.76. The van der Waals surface area contributed by atoms with Crippen LogP contribution in [0.2, 0.25) is 0 Å². The Morgan fingerprint density at radius 2 is 2.14 bits per heavy atom. The average molecular weight is 292 g/mol. The molecule has 0 aliphatic carbocycles. The molecule has 0 saturated carbocycles. The highest BCUT2D eigenvalue weighted by molar-refractivity contribution is 5.29. The van der Waals surface area contributed by atoms with Crippen LogP contribution in [0.5, 0.6) is 5.75 Å². The van der Waals surface area contributed by atoms with Gasteiger partial charge in [-0.25, -0.2) is 4.39 Å². The van der Waals surface area contributed by atoms with Crippen LogP contribution in [0.15, 0.2) is 30.4 Å². The predicted molar refractivity (Wildman–Crippen MR) is 84.1 cm³/mol. The van der Waals surface area contributed by atoms with Crippen molar-refractivity contribution in [3.63, 3.8) is 0 Å². The van der Waals surface area contributed by atoms with Crippen LogP contribution in [0.4, 0.5) is 4.39 Å². The van der Waals surface area contributed by atoms with Gasteiger partial charge in [0.25, 0.3) is 0 Å². The van der Waals surface area contributed by atoms with Crippen LogP contribution >= 0.6 is 0 Å². The lowest BCUT2D eigenvalue weighted by Gasteiger charge is -2.32. The molecule has 0 amide bonds. The zero-order valence-electron chi connectivity index (χ0n) is 13.0. The first-order valence-corrected chi connectivity index (χ1v) is 7.51. The molecule has 0 bridgehead atoms. The maximum absolute atomic E-state index is 13.6. The van der Waals surface area contributed by atoms with Crippen LogP contribution in [-0.2, 0) is 6.54 Å². The van der Waals surface area contributed by atoms with E-state index in [4.69, 9.17) is 4.74 Å². The molecule has 0 aromatic heterocycles. The Morgan fingerprint density at radius 1 is 1.43 bits per heavy atom. The second-order valence-corrected chi connectivity index (χ2v) is 5.86. The summed E-state index contributed by atoms with van der Waals surface area (Å²) in [5.74, 6) is -0.0000643. The van der Waals surface area contributed by atoms with Crippen molar-refractivity contribution >= 4 is 0 Å². The molecule has 1 aliphatic rings. The zero-order chi connectivity index (χ0) is 15.2. The molecule has 1 aromatic carbocycles. The Hall–Kier alpha value is -1.39. The number of halogens is 1. The van der Waals surface area contributed by atoms with Crippen LogP contribution < -0.4 is 10.1 Å². The third kappa shape index (κ3) is 4.83. The van der Waals surface area contributed by atoms with Crippen molar-refractivity contribution < 1.29 is 9.13 Å². The minimum atomic E-state index is -0.298. The van der Waals surface area contributed by atoms with E-state index >= 15 is 0 Å². The second-order valence-electron chi connectivity index (χ2n) is 5.86. The lowest BCUT2D eigenvalue weighted by atomic mass is 10.0. The van der Waals surface area contributed by atoms with E-state index in [2.05, 4.69) is 23.7 Å². The zero-order valence-corrected chi connectivity index (χ0v) is 13.0. The summed E-state index contributed by atoms with van der Waals surface area (Å²) in [6, 6.07) is 5.64. The number of methoxy groups -OCH3 is 1. The van der Waals surface area contributed by atoms with E-state index in [1.54, 1.807) is 12.1 Å². The van der Waals surface area contributed by atoms with Crippen molar-refractivity contribution in [1.29, 1.82) is 0 Å². The molecule has 116 valence electrons. The molecule has 4 heteroatoms. The first-order valence-electron chi connectivity index (χ1n) is 7.51. The van der Waals surface area contributed by atoms with Gasteiger partial charge in [-0.15, -0.1) is 0 Å². The molecule has 0 radical (unpaired) electrons. The second kappa shape index (κ2) is 7.57. The van der Waals surface area contributed by atoms with Crippen molar-refractivity contribution in [3.05, 3.63) is 41.7 Å². The van der Waals surface area contributed by atoms with Gasteiger partial charge in [-0.1, -0.05) is 18.2 Å². The fourth-order valence-corrected chi connectivity index (χ4v) is 2.76. The Labute approximate surface area is 126 Å². The maximum Gasteiger partial charge on any atom is 0.165 e. The van der Waals surface area contributed by atoms with Gasteiger partial charge in [0.2, 0.25) is 0 Å². The quantitative estimate of drug-likeness (QED) is 0.816. The van der Waals surface area contributed by atoms with Gasteiger partial charge in [-0.05, 0) is 50.6 Å². The minimum Gasteiger partial charge on any atom is -0.494 e. The number of rotatable bonds is 6. The lowest BCUT2D eigenvalue weighted by molar-refractivity contribution is 0.211. The summed E-state index contributed by atoms with van der Waals surface area (Å²) >= 11 is 0. The van der Waals surface area contributed by atoms with Crippen molar-refractivity contribution in [2.24, 2.45) is 0 Å². The topological polar surface area (TPSA) is 24.5 Å². The van der Waals surface area contributed by atoms with Gasteiger partial charge in [-0.3, -0.25) is 4.90 Å². The smallest absolute Gasteiger partial charge is 0.165 e. The maximum atomic E-state index is 13.6. The molecule has 3 nitrogen and oxygen atoms in total. The van der Waals surface area contributed by atoms with Crippen LogP contribution in [-0.4, -0.2) is 37.7 Å². The molecule has 0 spiro atoms. The largest absolute Gasteiger partial charge is 0.494 e. The lowest BCUT2D eigenvalue weighted by Crippen LogP contribution is -2.42. The Balaban J connectivity index is 1.77. The van der Waals surface area contributed by atoms with Crippen LogP contribution in [0.1, 0.15) is 25.3 Å². The van der Waals surface area contributed by atoms with Gasteiger partial charge < -0.3 is 10.1 Å². The molecule has 2 rings (SSSR count). The fourth-order valence-electron chi connectivity index (χ4n) is 2.76. The standard InChI is InChI=1S/C17H25FN2O/c1-13(2)12-20-8-6-15(7-9-20)19-11-14-4-5-17(21-3)16(18)10-14/h4-5,10,15,19H,1,6-9,11-12H2,2-3H3. The van der Waals surface area contributed by atoms with E-state index < -0.39 is 0 Å². The highest BCUT2D eigenvalue weighted by atomic mass is 19.1. The molecule has 0 unspecified atom stereocenters. The molecule has 1 N–H and O–H groups in total. The number of nitrogens with zero attached hydrogens (tertiary/aromatic N) is 1. The number of hydrogen-bond donors (Lipinski definition) is 1. The molecule has 1 saturated heterocycles. The minimum absolute atomic E-state index is 0.298. The van der Waals surface area contributed by atoms with Gasteiger partial charge in [-0.2, -0.15) is 0 Å². The average Bonchev–Trinajstić information content (AvgIpc) is 2.46. The van der Waals surface area contributed by atoms with Crippen LogP contribution in [0.25, 0.3) is 0 Å². The van der Waals surface area contributed by atoms with Gasteiger partial charge >= 0.3 is 0 Å². The number of hydrogen-bond acceptors (Lipinski definition) is 3. The Morgan fingerprint density at radius 3 is 2.71 bits per heavy atom. The molecular formula is C17H25FN2O. The fraction of sp³-hybridized carbons (Fsp3) is 0.529. The van der Waals surface area contributed by atoms with E-state index in [0.717, 1.165) is 38.0 Å². The number of ether oxygens (including phenoxy) is 1. The van der Waals surface area contributed by atoms with E-state index in [1.165, 1.54) is 12.7 Å². The number of likely N-dealkylation sites (tertiary alicyclic amines) is 1. The summed E-state index contributed by atoms with van der Waals surface area (Å²) in [5, 5.41) is 3.52. The number of piperidine rings is 1. The van der Waals surface area contributed by atoms with Crippen molar-refractivity contribution in [3.8, 4) is 5.75 Å². The van der Waals surface area contributed by atoms with Gasteiger partial charge in [0.05, 0.1) is 7.11 Å². The van der Waals surface area contributed by atoms with Gasteiger partial charge in [0, 0.05) is 19.1 Å². The molecule has 0 atom stereocenters. The summed E-state index contributed by atoms with van der Waals surface area (Å²) in [7, 11) is 1.48. The van der Waals surface area contributed by atoms with Crippen LogP contribution in [0, 0.1) is 5.82 Å². The van der Waals surface area contributed by atoms with E-state index in [0.29, 0.717) is 18.3 Å². The third-order valence-corrected chi connectivity index (χ3v) is 3.89.